The monoisotopic (exact) mass is 267 g/mol. The fourth-order valence-electron chi connectivity index (χ4n) is 1.38. The molecule has 0 bridgehead atoms. The zero-order valence-corrected chi connectivity index (χ0v) is 11.0. The van der Waals surface area contributed by atoms with E-state index >= 15 is 0 Å². The molecule has 1 aromatic carbocycles. The largest absolute Gasteiger partial charge is 0.368 e. The van der Waals surface area contributed by atoms with Crippen LogP contribution in [0.5, 0.6) is 0 Å². The van der Waals surface area contributed by atoms with Crippen molar-refractivity contribution in [1.29, 1.82) is 0 Å². The molecule has 0 aliphatic heterocycles. The number of rotatable bonds is 5. The third kappa shape index (κ3) is 2.96. The second-order valence-electron chi connectivity index (χ2n) is 3.50. The Morgan fingerprint density at radius 2 is 2.35 bits per heavy atom. The van der Waals surface area contributed by atoms with Gasteiger partial charge in [0.2, 0.25) is 5.91 Å². The van der Waals surface area contributed by atoms with Crippen molar-refractivity contribution in [2.75, 3.05) is 12.8 Å². The van der Waals surface area contributed by atoms with Crippen LogP contribution in [0.4, 0.5) is 0 Å². The molecule has 0 fully saturated rings. The lowest BCUT2D eigenvalue weighted by Gasteiger charge is -2.09. The third-order valence-corrected chi connectivity index (χ3v) is 4.61. The van der Waals surface area contributed by atoms with Gasteiger partial charge in [-0.3, -0.25) is 4.79 Å². The van der Waals surface area contributed by atoms with Gasteiger partial charge in [0.15, 0.2) is 4.34 Å². The molecule has 2 aromatic rings. The van der Waals surface area contributed by atoms with Gasteiger partial charge in [-0.1, -0.05) is 23.9 Å². The van der Waals surface area contributed by atoms with Crippen molar-refractivity contribution in [3.8, 4) is 0 Å². The Bertz CT molecular complexity index is 493. The van der Waals surface area contributed by atoms with Crippen LogP contribution in [0.3, 0.4) is 0 Å². The van der Waals surface area contributed by atoms with Gasteiger partial charge in [0.25, 0.3) is 0 Å². The summed E-state index contributed by atoms with van der Waals surface area (Å²) in [7, 11) is 1.73. The van der Waals surface area contributed by atoms with Gasteiger partial charge in [-0.05, 0) is 19.2 Å². The van der Waals surface area contributed by atoms with Crippen molar-refractivity contribution in [2.24, 2.45) is 5.73 Å². The van der Waals surface area contributed by atoms with E-state index in [1.165, 1.54) is 0 Å². The quantitative estimate of drug-likeness (QED) is 0.805. The zero-order valence-electron chi connectivity index (χ0n) is 9.34. The fraction of sp³-hybridized carbons (Fsp3) is 0.273. The number of amides is 1. The highest BCUT2D eigenvalue weighted by Gasteiger charge is 2.14. The SMILES string of the molecule is CNC(CSc1nc2ccccc2s1)C(N)=O. The number of nitrogens with two attached hydrogens (primary N) is 1. The minimum absolute atomic E-state index is 0.313. The smallest absolute Gasteiger partial charge is 0.235 e. The number of primary amides is 1. The molecule has 0 aliphatic carbocycles. The summed E-state index contributed by atoms with van der Waals surface area (Å²) < 4.78 is 2.13. The molecule has 0 radical (unpaired) electrons. The lowest BCUT2D eigenvalue weighted by molar-refractivity contribution is -0.119. The molecule has 1 heterocycles. The number of hydrogen-bond donors (Lipinski definition) is 2. The van der Waals surface area contributed by atoms with E-state index in [1.54, 1.807) is 30.1 Å². The Kier molecular flexibility index (Phi) is 3.98. The van der Waals surface area contributed by atoms with E-state index in [1.807, 2.05) is 24.3 Å². The molecule has 1 amide bonds. The van der Waals surface area contributed by atoms with Gasteiger partial charge in [-0.25, -0.2) is 4.98 Å². The lowest BCUT2D eigenvalue weighted by Crippen LogP contribution is -2.40. The normalized spacial score (nSPS) is 12.8. The minimum atomic E-state index is -0.332. The molecule has 3 N–H and O–H groups in total. The van der Waals surface area contributed by atoms with Crippen LogP contribution in [0.2, 0.25) is 0 Å². The van der Waals surface area contributed by atoms with E-state index in [9.17, 15) is 4.79 Å². The van der Waals surface area contributed by atoms with Crippen LogP contribution in [0.25, 0.3) is 10.2 Å². The topological polar surface area (TPSA) is 68.0 Å². The van der Waals surface area contributed by atoms with Crippen molar-refractivity contribution >= 4 is 39.2 Å². The number of carbonyl (C=O) groups excluding carboxylic acids is 1. The van der Waals surface area contributed by atoms with E-state index in [4.69, 9.17) is 5.73 Å². The second kappa shape index (κ2) is 5.48. The van der Waals surface area contributed by atoms with E-state index in [2.05, 4.69) is 10.3 Å². The molecule has 0 saturated heterocycles. The number of likely N-dealkylation sites (N-methyl/N-ethyl adjacent to an activating group) is 1. The maximum atomic E-state index is 11.1. The number of aromatic nitrogens is 1. The predicted octanol–water partition coefficient (Wildman–Crippen LogP) is 1.46. The van der Waals surface area contributed by atoms with Gasteiger partial charge in [0.05, 0.1) is 16.3 Å². The molecule has 0 saturated carbocycles. The number of hydrogen-bond acceptors (Lipinski definition) is 5. The third-order valence-electron chi connectivity index (χ3n) is 2.34. The highest BCUT2D eigenvalue weighted by molar-refractivity contribution is 8.01. The van der Waals surface area contributed by atoms with E-state index in [-0.39, 0.29) is 11.9 Å². The van der Waals surface area contributed by atoms with E-state index < -0.39 is 0 Å². The summed E-state index contributed by atoms with van der Waals surface area (Å²) in [5.74, 6) is 0.271. The molecule has 6 heteroatoms. The van der Waals surface area contributed by atoms with Crippen LogP contribution in [0.1, 0.15) is 0 Å². The molecule has 90 valence electrons. The minimum Gasteiger partial charge on any atom is -0.368 e. The summed E-state index contributed by atoms with van der Waals surface area (Å²) in [5.41, 5.74) is 6.25. The summed E-state index contributed by atoms with van der Waals surface area (Å²) >= 11 is 3.18. The number of carbonyl (C=O) groups is 1. The Morgan fingerprint density at radius 1 is 1.59 bits per heavy atom. The van der Waals surface area contributed by atoms with Gasteiger partial charge in [-0.15, -0.1) is 11.3 Å². The van der Waals surface area contributed by atoms with Gasteiger partial charge in [0.1, 0.15) is 0 Å². The molecule has 1 unspecified atom stereocenters. The van der Waals surface area contributed by atoms with Crippen molar-refractivity contribution in [3.63, 3.8) is 0 Å². The van der Waals surface area contributed by atoms with Crippen LogP contribution in [-0.4, -0.2) is 29.7 Å². The first-order chi connectivity index (χ1) is 8.20. The van der Waals surface area contributed by atoms with Gasteiger partial charge in [-0.2, -0.15) is 0 Å². The molecular formula is C11H13N3OS2. The first kappa shape index (κ1) is 12.3. The Balaban J connectivity index is 2.06. The number of thioether (sulfide) groups is 1. The molecule has 2 rings (SSSR count). The van der Waals surface area contributed by atoms with Crippen molar-refractivity contribution in [3.05, 3.63) is 24.3 Å². The molecule has 1 atom stereocenters. The number of thiazole rings is 1. The number of benzene rings is 1. The zero-order chi connectivity index (χ0) is 12.3. The summed E-state index contributed by atoms with van der Waals surface area (Å²) in [4.78, 5) is 15.5. The molecule has 4 nitrogen and oxygen atoms in total. The number of nitrogens with zero attached hydrogens (tertiary/aromatic N) is 1. The maximum Gasteiger partial charge on any atom is 0.235 e. The van der Waals surface area contributed by atoms with E-state index in [0.717, 1.165) is 14.6 Å². The Hall–Kier alpha value is -1.11. The average molecular weight is 267 g/mol. The lowest BCUT2D eigenvalue weighted by atomic mass is 10.3. The van der Waals surface area contributed by atoms with Crippen LogP contribution < -0.4 is 11.1 Å². The van der Waals surface area contributed by atoms with Gasteiger partial charge < -0.3 is 11.1 Å². The van der Waals surface area contributed by atoms with E-state index in [0.29, 0.717) is 5.75 Å². The first-order valence-electron chi connectivity index (χ1n) is 5.15. The van der Waals surface area contributed by atoms with Crippen LogP contribution in [0.15, 0.2) is 28.6 Å². The summed E-state index contributed by atoms with van der Waals surface area (Å²) in [6.45, 7) is 0. The van der Waals surface area contributed by atoms with Crippen LogP contribution >= 0.6 is 23.1 Å². The van der Waals surface area contributed by atoms with Crippen LogP contribution in [0, 0.1) is 0 Å². The van der Waals surface area contributed by atoms with Gasteiger partial charge in [0, 0.05) is 5.75 Å². The standard InChI is InChI=1S/C11H13N3OS2/c1-13-8(10(12)15)6-16-11-14-7-4-2-3-5-9(7)17-11/h2-5,8,13H,6H2,1H3,(H2,12,15). The number of nitrogens with one attached hydrogen (secondary N) is 1. The molecule has 1 aromatic heterocycles. The average Bonchev–Trinajstić information content (AvgIpc) is 2.71. The summed E-state index contributed by atoms with van der Waals surface area (Å²) in [6, 6.07) is 7.68. The second-order valence-corrected chi connectivity index (χ2v) is 5.80. The molecular weight excluding hydrogens is 254 g/mol. The maximum absolute atomic E-state index is 11.1. The first-order valence-corrected chi connectivity index (χ1v) is 6.96. The number of fused-ring (bicyclic) bond motifs is 1. The molecule has 17 heavy (non-hydrogen) atoms. The molecule has 0 spiro atoms. The van der Waals surface area contributed by atoms with Crippen molar-refractivity contribution in [2.45, 2.75) is 10.4 Å². The number of para-hydroxylation sites is 1. The summed E-state index contributed by atoms with van der Waals surface area (Å²) in [6.07, 6.45) is 0. The molecule has 0 aliphatic rings. The van der Waals surface area contributed by atoms with Crippen molar-refractivity contribution < 1.29 is 4.79 Å². The Labute approximate surface area is 108 Å². The highest BCUT2D eigenvalue weighted by Crippen LogP contribution is 2.29. The van der Waals surface area contributed by atoms with Gasteiger partial charge >= 0.3 is 0 Å². The predicted molar refractivity (Wildman–Crippen MR) is 72.4 cm³/mol. The van der Waals surface area contributed by atoms with Crippen molar-refractivity contribution in [1.82, 2.24) is 10.3 Å². The fourth-order valence-corrected chi connectivity index (χ4v) is 3.58. The summed E-state index contributed by atoms with van der Waals surface area (Å²) in [5, 5.41) is 2.89. The Morgan fingerprint density at radius 3 is 3.00 bits per heavy atom. The highest BCUT2D eigenvalue weighted by atomic mass is 32.2. The van der Waals surface area contributed by atoms with Crippen LogP contribution in [-0.2, 0) is 4.79 Å².